The molecule has 0 unspecified atom stereocenters. The molecule has 1 aromatic carbocycles. The number of aromatic nitrogens is 4. The molecule has 2 aromatic heterocycles. The van der Waals surface area contributed by atoms with Crippen molar-refractivity contribution in [2.24, 2.45) is 0 Å². The van der Waals surface area contributed by atoms with Gasteiger partial charge in [0, 0.05) is 24.3 Å². The molecule has 9 nitrogen and oxygen atoms in total. The lowest BCUT2D eigenvalue weighted by Crippen LogP contribution is -2.44. The van der Waals surface area contributed by atoms with Crippen molar-refractivity contribution in [3.63, 3.8) is 0 Å². The van der Waals surface area contributed by atoms with Gasteiger partial charge in [0.05, 0.1) is 39.2 Å². The van der Waals surface area contributed by atoms with E-state index < -0.39 is 0 Å². The van der Waals surface area contributed by atoms with Gasteiger partial charge in [0.1, 0.15) is 30.1 Å². The lowest BCUT2D eigenvalue weighted by molar-refractivity contribution is -0.863. The van der Waals surface area contributed by atoms with Crippen LogP contribution in [0.2, 0.25) is 0 Å². The molecule has 1 atom stereocenters. The highest BCUT2D eigenvalue weighted by molar-refractivity contribution is 5.54. The lowest BCUT2D eigenvalue weighted by atomic mass is 10.2. The van der Waals surface area contributed by atoms with Gasteiger partial charge in [0.15, 0.2) is 5.69 Å². The fraction of sp³-hybridized carbons (Fsp3) is 0.300. The fourth-order valence-corrected chi connectivity index (χ4v) is 3.43. The van der Waals surface area contributed by atoms with E-state index in [4.69, 9.17) is 5.26 Å². The zero-order valence-electron chi connectivity index (χ0n) is 16.4. The van der Waals surface area contributed by atoms with Gasteiger partial charge in [-0.05, 0) is 24.3 Å². The summed E-state index contributed by atoms with van der Waals surface area (Å²) in [6, 6.07) is 10.3. The van der Waals surface area contributed by atoms with E-state index in [1.54, 1.807) is 20.4 Å². The first-order chi connectivity index (χ1) is 13.9. The minimum Gasteiger partial charge on any atom is -0.633 e. The Morgan fingerprint density at radius 2 is 1.86 bits per heavy atom. The van der Waals surface area contributed by atoms with E-state index in [1.165, 1.54) is 12.4 Å². The summed E-state index contributed by atoms with van der Waals surface area (Å²) in [4.78, 5) is 14.7. The molecule has 29 heavy (non-hydrogen) atoms. The predicted molar refractivity (Wildman–Crippen MR) is 110 cm³/mol. The van der Waals surface area contributed by atoms with Crippen LogP contribution >= 0.6 is 0 Å². The van der Waals surface area contributed by atoms with Gasteiger partial charge >= 0.3 is 0 Å². The average Bonchev–Trinajstić information content (AvgIpc) is 3.38. The van der Waals surface area contributed by atoms with Crippen LogP contribution in [0.5, 0.6) is 0 Å². The van der Waals surface area contributed by atoms with E-state index >= 15 is 0 Å². The molecular formula is C20H22N8O. The molecule has 1 saturated heterocycles. The topological polar surface area (TPSA) is 106 Å². The number of hydrogen-bond acceptors (Lipinski definition) is 7. The van der Waals surface area contributed by atoms with Gasteiger partial charge < -0.3 is 24.6 Å². The summed E-state index contributed by atoms with van der Waals surface area (Å²) >= 11 is 0. The molecule has 3 heterocycles. The molecule has 1 aliphatic heterocycles. The van der Waals surface area contributed by atoms with Gasteiger partial charge in [-0.15, -0.1) is 0 Å². The average molecular weight is 390 g/mol. The third-order valence-electron chi connectivity index (χ3n) is 5.16. The minimum atomic E-state index is -0.247. The summed E-state index contributed by atoms with van der Waals surface area (Å²) in [6.07, 6.45) is 7.40. The van der Waals surface area contributed by atoms with E-state index in [1.807, 2.05) is 29.0 Å². The molecule has 1 N–H and O–H groups in total. The number of quaternary nitrogens is 1. The zero-order valence-corrected chi connectivity index (χ0v) is 16.4. The number of nitrogens with zero attached hydrogens (tertiary/aromatic N) is 7. The first-order valence-corrected chi connectivity index (χ1v) is 9.35. The predicted octanol–water partition coefficient (Wildman–Crippen LogP) is 2.43. The molecule has 1 fully saturated rings. The molecule has 9 heteroatoms. The second-order valence-corrected chi connectivity index (χ2v) is 7.53. The molecule has 3 aromatic rings. The van der Waals surface area contributed by atoms with E-state index in [9.17, 15) is 5.21 Å². The van der Waals surface area contributed by atoms with Gasteiger partial charge in [-0.1, -0.05) is 0 Å². The highest BCUT2D eigenvalue weighted by atomic mass is 16.5. The maximum atomic E-state index is 12.2. The van der Waals surface area contributed by atoms with Gasteiger partial charge in [-0.25, -0.2) is 15.0 Å². The first kappa shape index (κ1) is 18.9. The van der Waals surface area contributed by atoms with Crippen LogP contribution < -0.4 is 10.2 Å². The Morgan fingerprint density at radius 3 is 2.48 bits per heavy atom. The summed E-state index contributed by atoms with van der Waals surface area (Å²) in [5.74, 6) is 1.15. The minimum absolute atomic E-state index is 0.113. The van der Waals surface area contributed by atoms with Crippen LogP contribution in [0, 0.1) is 16.5 Å². The lowest BCUT2D eigenvalue weighted by Gasteiger charge is -2.39. The maximum Gasteiger partial charge on any atom is 0.158 e. The second kappa shape index (κ2) is 7.50. The Kier molecular flexibility index (Phi) is 4.88. The first-order valence-electron chi connectivity index (χ1n) is 9.35. The molecule has 0 radical (unpaired) electrons. The van der Waals surface area contributed by atoms with Crippen LogP contribution in [0.15, 0.2) is 49.2 Å². The number of imidazole rings is 1. The van der Waals surface area contributed by atoms with Crippen molar-refractivity contribution in [2.75, 3.05) is 37.4 Å². The van der Waals surface area contributed by atoms with Crippen molar-refractivity contribution in [1.82, 2.24) is 19.5 Å². The number of anilines is 3. The number of rotatable bonds is 5. The number of hydrogen-bond donors (Lipinski definition) is 1. The zero-order chi connectivity index (χ0) is 20.4. The van der Waals surface area contributed by atoms with Crippen molar-refractivity contribution in [1.29, 1.82) is 5.26 Å². The van der Waals surface area contributed by atoms with Gasteiger partial charge in [-0.3, -0.25) is 0 Å². The molecule has 4 rings (SSSR count). The summed E-state index contributed by atoms with van der Waals surface area (Å²) in [6.45, 7) is 1.68. The van der Waals surface area contributed by atoms with Crippen LogP contribution in [0.4, 0.5) is 17.3 Å². The van der Waals surface area contributed by atoms with Gasteiger partial charge in [0.2, 0.25) is 0 Å². The van der Waals surface area contributed by atoms with E-state index in [2.05, 4.69) is 37.3 Å². The Bertz CT molecular complexity index is 1010. The number of nitriles is 1. The smallest absolute Gasteiger partial charge is 0.158 e. The van der Waals surface area contributed by atoms with Gasteiger partial charge in [0.25, 0.3) is 0 Å². The second-order valence-electron chi connectivity index (χ2n) is 7.53. The number of nitrogens with one attached hydrogen (secondary N) is 1. The number of hydroxylamine groups is 3. The van der Waals surface area contributed by atoms with E-state index in [0.717, 1.165) is 30.9 Å². The molecule has 0 spiro atoms. The SMILES string of the molecule is C[N+](C)([O-])[C@@H]1CCN(c2ccc(-n3cnc(Nc4cnc(C#N)cn4)c3)cc2)C1. The molecule has 0 saturated carbocycles. The molecule has 0 aliphatic carbocycles. The van der Waals surface area contributed by atoms with Crippen LogP contribution in [0.25, 0.3) is 5.69 Å². The van der Waals surface area contributed by atoms with Crippen molar-refractivity contribution in [3.05, 3.63) is 60.1 Å². The third-order valence-corrected chi connectivity index (χ3v) is 5.16. The van der Waals surface area contributed by atoms with Crippen LogP contribution in [0.1, 0.15) is 12.1 Å². The van der Waals surface area contributed by atoms with Crippen LogP contribution in [0.3, 0.4) is 0 Å². The van der Waals surface area contributed by atoms with Crippen molar-refractivity contribution in [3.8, 4) is 11.8 Å². The number of likely N-dealkylation sites (N-methyl/N-ethyl adjacent to an activating group) is 1. The summed E-state index contributed by atoms with van der Waals surface area (Å²) in [5, 5.41) is 24.0. The Balaban J connectivity index is 1.43. The molecule has 148 valence electrons. The Labute approximate surface area is 169 Å². The quantitative estimate of drug-likeness (QED) is 0.527. The fourth-order valence-electron chi connectivity index (χ4n) is 3.43. The summed E-state index contributed by atoms with van der Waals surface area (Å²) < 4.78 is 1.66. The van der Waals surface area contributed by atoms with E-state index in [-0.39, 0.29) is 16.4 Å². The largest absolute Gasteiger partial charge is 0.633 e. The summed E-state index contributed by atoms with van der Waals surface area (Å²) in [5.41, 5.74) is 2.37. The molecule has 0 bridgehead atoms. The summed E-state index contributed by atoms with van der Waals surface area (Å²) in [7, 11) is 3.43. The highest BCUT2D eigenvalue weighted by Crippen LogP contribution is 2.26. The van der Waals surface area contributed by atoms with Crippen LogP contribution in [-0.2, 0) is 0 Å². The third kappa shape index (κ3) is 4.18. The molecule has 0 amide bonds. The Morgan fingerprint density at radius 1 is 1.10 bits per heavy atom. The standard InChI is InChI=1S/C20H22N8O/c1-28(2,29)18-7-8-26(12-18)16-3-5-17(6-4-16)27-13-20(24-14-27)25-19-11-22-15(9-21)10-23-19/h3-6,10-11,13-14,18H,7-8,12H2,1-2H3,(H,23,25)/t18-/m1/s1. The van der Waals surface area contributed by atoms with Crippen molar-refractivity contribution >= 4 is 17.3 Å². The number of benzene rings is 1. The van der Waals surface area contributed by atoms with Crippen LogP contribution in [-0.4, -0.2) is 57.4 Å². The van der Waals surface area contributed by atoms with Crippen molar-refractivity contribution < 1.29 is 4.65 Å². The monoisotopic (exact) mass is 390 g/mol. The van der Waals surface area contributed by atoms with Crippen molar-refractivity contribution in [2.45, 2.75) is 12.5 Å². The van der Waals surface area contributed by atoms with E-state index in [0.29, 0.717) is 11.6 Å². The maximum absolute atomic E-state index is 12.2. The Hall–Kier alpha value is -3.48. The molecular weight excluding hydrogens is 368 g/mol. The molecule has 1 aliphatic rings. The highest BCUT2D eigenvalue weighted by Gasteiger charge is 2.30. The van der Waals surface area contributed by atoms with Gasteiger partial charge in [-0.2, -0.15) is 5.26 Å². The normalized spacial score (nSPS) is 16.6.